The number of rotatable bonds is 1. The van der Waals surface area contributed by atoms with Gasteiger partial charge < -0.3 is 5.11 Å². The van der Waals surface area contributed by atoms with Crippen LogP contribution in [0.5, 0.6) is 5.75 Å². The molecular weight excluding hydrogens is 224 g/mol. The number of aromatic hydroxyl groups is 1. The summed E-state index contributed by atoms with van der Waals surface area (Å²) in [5.41, 5.74) is 0.693. The van der Waals surface area contributed by atoms with Gasteiger partial charge in [0.1, 0.15) is 5.75 Å². The van der Waals surface area contributed by atoms with Crippen molar-refractivity contribution in [3.8, 4) is 5.75 Å². The van der Waals surface area contributed by atoms with Crippen LogP contribution < -0.4 is 0 Å². The fourth-order valence-electron chi connectivity index (χ4n) is 2.26. The molecule has 18 heavy (non-hydrogen) atoms. The number of hydrogen-bond acceptors (Lipinski definition) is 2. The van der Waals surface area contributed by atoms with Crippen molar-refractivity contribution in [3.63, 3.8) is 0 Å². The summed E-state index contributed by atoms with van der Waals surface area (Å²) < 4.78 is 0. The first-order chi connectivity index (χ1) is 8.65. The summed E-state index contributed by atoms with van der Waals surface area (Å²) in [7, 11) is 0. The van der Waals surface area contributed by atoms with Crippen molar-refractivity contribution < 1.29 is 9.90 Å². The first kappa shape index (κ1) is 10.8. The molecule has 3 rings (SSSR count). The molecule has 0 aliphatic carbocycles. The van der Waals surface area contributed by atoms with Crippen LogP contribution in [0.3, 0.4) is 0 Å². The molecule has 0 spiro atoms. The van der Waals surface area contributed by atoms with E-state index in [4.69, 9.17) is 0 Å². The minimum Gasteiger partial charge on any atom is -0.508 e. The number of fused-ring (bicyclic) bond motifs is 3. The number of benzene rings is 3. The van der Waals surface area contributed by atoms with Crippen molar-refractivity contribution >= 4 is 27.3 Å². The second kappa shape index (κ2) is 3.84. The van der Waals surface area contributed by atoms with E-state index in [1.54, 1.807) is 19.1 Å². The van der Waals surface area contributed by atoms with Gasteiger partial charge in [0.2, 0.25) is 0 Å². The number of ketones is 1. The van der Waals surface area contributed by atoms with Gasteiger partial charge in [-0.15, -0.1) is 0 Å². The highest BCUT2D eigenvalue weighted by Crippen LogP contribution is 2.29. The highest BCUT2D eigenvalue weighted by molar-refractivity contribution is 6.10. The van der Waals surface area contributed by atoms with Gasteiger partial charge in [-0.1, -0.05) is 30.3 Å². The van der Waals surface area contributed by atoms with E-state index in [0.717, 1.165) is 21.5 Å². The second-order valence-electron chi connectivity index (χ2n) is 4.46. The summed E-state index contributed by atoms with van der Waals surface area (Å²) in [6, 6.07) is 15.0. The van der Waals surface area contributed by atoms with Crippen LogP contribution >= 0.6 is 0 Å². The molecule has 1 N–H and O–H groups in total. The predicted octanol–water partition coefficient (Wildman–Crippen LogP) is 3.90. The van der Waals surface area contributed by atoms with Gasteiger partial charge in [-0.3, -0.25) is 4.79 Å². The summed E-state index contributed by atoms with van der Waals surface area (Å²) in [5, 5.41) is 13.7. The van der Waals surface area contributed by atoms with Crippen molar-refractivity contribution in [2.45, 2.75) is 6.92 Å². The van der Waals surface area contributed by atoms with Crippen LogP contribution in [0.2, 0.25) is 0 Å². The highest BCUT2D eigenvalue weighted by atomic mass is 16.3. The van der Waals surface area contributed by atoms with E-state index >= 15 is 0 Å². The Morgan fingerprint density at radius 3 is 2.11 bits per heavy atom. The minimum atomic E-state index is 0.0501. The molecule has 3 aromatic rings. The maximum absolute atomic E-state index is 11.4. The van der Waals surface area contributed by atoms with Gasteiger partial charge in [0.25, 0.3) is 0 Å². The molecule has 0 aromatic heterocycles. The summed E-state index contributed by atoms with van der Waals surface area (Å²) in [4.78, 5) is 11.4. The van der Waals surface area contributed by atoms with Crippen LogP contribution in [-0.2, 0) is 0 Å². The van der Waals surface area contributed by atoms with Crippen molar-refractivity contribution in [2.75, 3.05) is 0 Å². The molecule has 3 aromatic carbocycles. The van der Waals surface area contributed by atoms with E-state index in [1.807, 2.05) is 36.4 Å². The molecule has 0 aliphatic rings. The van der Waals surface area contributed by atoms with Gasteiger partial charge in [0.15, 0.2) is 5.78 Å². The number of hydrogen-bond donors (Lipinski definition) is 1. The molecule has 0 bridgehead atoms. The average Bonchev–Trinajstić information content (AvgIpc) is 2.37. The minimum absolute atomic E-state index is 0.0501. The summed E-state index contributed by atoms with van der Waals surface area (Å²) >= 11 is 0. The topological polar surface area (TPSA) is 37.3 Å². The molecule has 2 nitrogen and oxygen atoms in total. The maximum atomic E-state index is 11.4. The Balaban J connectivity index is 2.46. The molecular formula is C16H12O2. The van der Waals surface area contributed by atoms with E-state index < -0.39 is 0 Å². The number of phenolic OH excluding ortho intramolecular Hbond substituents is 1. The predicted molar refractivity (Wildman–Crippen MR) is 73.1 cm³/mol. The third-order valence-electron chi connectivity index (χ3n) is 3.23. The lowest BCUT2D eigenvalue weighted by atomic mass is 9.99. The third-order valence-corrected chi connectivity index (χ3v) is 3.23. The highest BCUT2D eigenvalue weighted by Gasteiger charge is 2.05. The number of carbonyl (C=O) groups is 1. The van der Waals surface area contributed by atoms with Crippen molar-refractivity contribution in [1.82, 2.24) is 0 Å². The SMILES string of the molecule is CC(=O)c1ccc2ccc3ccc(O)cc3c2c1. The van der Waals surface area contributed by atoms with Crippen LogP contribution in [0.25, 0.3) is 21.5 Å². The van der Waals surface area contributed by atoms with Crippen molar-refractivity contribution in [2.24, 2.45) is 0 Å². The van der Waals surface area contributed by atoms with Gasteiger partial charge in [-0.25, -0.2) is 0 Å². The van der Waals surface area contributed by atoms with Gasteiger partial charge in [-0.2, -0.15) is 0 Å². The number of Topliss-reactive ketones (excluding diaryl/α,β-unsaturated/α-hetero) is 1. The Hall–Kier alpha value is -2.35. The van der Waals surface area contributed by atoms with Crippen molar-refractivity contribution in [3.05, 3.63) is 54.1 Å². The van der Waals surface area contributed by atoms with Crippen LogP contribution in [0.4, 0.5) is 0 Å². The number of carbonyl (C=O) groups excluding carboxylic acids is 1. The van der Waals surface area contributed by atoms with Crippen LogP contribution in [0.15, 0.2) is 48.5 Å². The van der Waals surface area contributed by atoms with E-state index in [-0.39, 0.29) is 11.5 Å². The first-order valence-corrected chi connectivity index (χ1v) is 5.81. The molecule has 0 atom stereocenters. The summed E-state index contributed by atoms with van der Waals surface area (Å²) in [5.74, 6) is 0.289. The smallest absolute Gasteiger partial charge is 0.159 e. The fourth-order valence-corrected chi connectivity index (χ4v) is 2.26. The Kier molecular flexibility index (Phi) is 2.30. The summed E-state index contributed by atoms with van der Waals surface area (Å²) in [6.45, 7) is 1.56. The average molecular weight is 236 g/mol. The zero-order chi connectivity index (χ0) is 12.7. The molecule has 88 valence electrons. The van der Waals surface area contributed by atoms with Crippen LogP contribution in [0.1, 0.15) is 17.3 Å². The fraction of sp³-hybridized carbons (Fsp3) is 0.0625. The van der Waals surface area contributed by atoms with Crippen molar-refractivity contribution in [1.29, 1.82) is 0 Å². The third kappa shape index (κ3) is 1.63. The van der Waals surface area contributed by atoms with E-state index in [2.05, 4.69) is 0 Å². The number of phenols is 1. The maximum Gasteiger partial charge on any atom is 0.159 e. The summed E-state index contributed by atoms with van der Waals surface area (Å²) in [6.07, 6.45) is 0. The molecule has 0 fully saturated rings. The second-order valence-corrected chi connectivity index (χ2v) is 4.46. The molecule has 0 amide bonds. The van der Waals surface area contributed by atoms with Gasteiger partial charge >= 0.3 is 0 Å². The largest absolute Gasteiger partial charge is 0.508 e. The van der Waals surface area contributed by atoms with Crippen LogP contribution in [0, 0.1) is 0 Å². The zero-order valence-corrected chi connectivity index (χ0v) is 9.97. The lowest BCUT2D eigenvalue weighted by Crippen LogP contribution is -1.91. The molecule has 2 heteroatoms. The quantitative estimate of drug-likeness (QED) is 0.514. The Morgan fingerprint density at radius 1 is 0.889 bits per heavy atom. The molecule has 0 heterocycles. The first-order valence-electron chi connectivity index (χ1n) is 5.81. The lowest BCUT2D eigenvalue weighted by Gasteiger charge is -2.06. The molecule has 0 radical (unpaired) electrons. The standard InChI is InChI=1S/C16H12O2/c1-10(17)13-5-4-11-2-3-12-6-7-14(18)9-16(12)15(11)8-13/h2-9,18H,1H3. The normalized spacial score (nSPS) is 10.9. The van der Waals surface area contributed by atoms with E-state index in [9.17, 15) is 9.90 Å². The molecule has 0 aliphatic heterocycles. The lowest BCUT2D eigenvalue weighted by molar-refractivity contribution is 0.101. The monoisotopic (exact) mass is 236 g/mol. The van der Waals surface area contributed by atoms with Gasteiger partial charge in [0.05, 0.1) is 0 Å². The van der Waals surface area contributed by atoms with Gasteiger partial charge in [-0.05, 0) is 46.7 Å². The Bertz CT molecular complexity index is 772. The van der Waals surface area contributed by atoms with Crippen LogP contribution in [-0.4, -0.2) is 10.9 Å². The van der Waals surface area contributed by atoms with E-state index in [0.29, 0.717) is 5.56 Å². The Morgan fingerprint density at radius 2 is 1.44 bits per heavy atom. The molecule has 0 saturated heterocycles. The zero-order valence-electron chi connectivity index (χ0n) is 9.97. The molecule has 0 unspecified atom stereocenters. The van der Waals surface area contributed by atoms with Gasteiger partial charge in [0, 0.05) is 5.56 Å². The van der Waals surface area contributed by atoms with E-state index in [1.165, 1.54) is 0 Å². The Labute approximate surface area is 104 Å². The molecule has 0 saturated carbocycles.